The number of aryl methyl sites for hydroxylation is 1. The Balaban J connectivity index is 2.02. The molecule has 0 fully saturated rings. The lowest BCUT2D eigenvalue weighted by Crippen LogP contribution is -2.23. The summed E-state index contributed by atoms with van der Waals surface area (Å²) in [6.07, 6.45) is 2.19. The molecular formula is C20H16ClF2N3O4. The maximum Gasteiger partial charge on any atom is 0.278 e. The number of hydrogen-bond donors (Lipinski definition) is 0. The molecule has 3 aromatic heterocycles. The minimum atomic E-state index is -0.880. The lowest BCUT2D eigenvalue weighted by Gasteiger charge is -2.17. The summed E-state index contributed by atoms with van der Waals surface area (Å²) < 4.78 is 38.7. The zero-order valence-electron chi connectivity index (χ0n) is 16.2. The molecule has 0 radical (unpaired) electrons. The fourth-order valence-electron chi connectivity index (χ4n) is 2.74. The zero-order chi connectivity index (χ0) is 22.0. The second-order valence-electron chi connectivity index (χ2n) is 6.27. The summed E-state index contributed by atoms with van der Waals surface area (Å²) in [6.45, 7) is 2.61. The Hall–Kier alpha value is -3.33. The highest BCUT2D eigenvalue weighted by molar-refractivity contribution is 6.31. The van der Waals surface area contributed by atoms with Crippen molar-refractivity contribution in [2.45, 2.75) is 20.5 Å². The summed E-state index contributed by atoms with van der Waals surface area (Å²) in [5.41, 5.74) is 0.0478. The molecule has 0 aliphatic carbocycles. The van der Waals surface area contributed by atoms with Crippen molar-refractivity contribution in [2.75, 3.05) is 7.11 Å². The SMILES string of the molecule is COc1cnc(C(C)=O)cc1-n1c(C)cc(OCc2ncc(F)cc2F)c(Cl)c1=O. The molecule has 3 heterocycles. The van der Waals surface area contributed by atoms with Gasteiger partial charge in [-0.25, -0.2) is 13.8 Å². The van der Waals surface area contributed by atoms with E-state index < -0.39 is 17.2 Å². The molecule has 30 heavy (non-hydrogen) atoms. The first kappa shape index (κ1) is 21.4. The minimum Gasteiger partial charge on any atom is -0.493 e. The van der Waals surface area contributed by atoms with Gasteiger partial charge in [-0.2, -0.15) is 0 Å². The molecule has 0 aliphatic rings. The van der Waals surface area contributed by atoms with Gasteiger partial charge in [0.1, 0.15) is 34.6 Å². The van der Waals surface area contributed by atoms with Crippen molar-refractivity contribution in [2.24, 2.45) is 0 Å². The Morgan fingerprint density at radius 1 is 1.17 bits per heavy atom. The molecule has 0 saturated carbocycles. The van der Waals surface area contributed by atoms with E-state index in [1.54, 1.807) is 6.92 Å². The Kier molecular flexibility index (Phi) is 6.12. The Morgan fingerprint density at radius 3 is 2.53 bits per heavy atom. The topological polar surface area (TPSA) is 83.3 Å². The second kappa shape index (κ2) is 8.58. The number of pyridine rings is 3. The van der Waals surface area contributed by atoms with Crippen molar-refractivity contribution in [3.63, 3.8) is 0 Å². The van der Waals surface area contributed by atoms with Gasteiger partial charge in [-0.05, 0) is 13.0 Å². The molecule has 0 atom stereocenters. The standard InChI is InChI=1S/C20H16ClF2N3O4/c1-10-4-17(30-9-15-13(23)5-12(22)7-24-15)19(21)20(28)26(10)16-6-14(11(2)27)25-8-18(16)29-3/h4-8H,9H2,1-3H3. The molecule has 10 heteroatoms. The zero-order valence-corrected chi connectivity index (χ0v) is 17.0. The fourth-order valence-corrected chi connectivity index (χ4v) is 2.93. The van der Waals surface area contributed by atoms with Gasteiger partial charge in [0.2, 0.25) is 0 Å². The summed E-state index contributed by atoms with van der Waals surface area (Å²) in [5, 5.41) is -0.272. The van der Waals surface area contributed by atoms with Gasteiger partial charge < -0.3 is 9.47 Å². The van der Waals surface area contributed by atoms with E-state index in [1.807, 2.05) is 0 Å². The molecule has 0 aliphatic heterocycles. The van der Waals surface area contributed by atoms with Crippen molar-refractivity contribution < 1.29 is 23.0 Å². The molecule has 3 rings (SSSR count). The molecule has 0 bridgehead atoms. The summed E-state index contributed by atoms with van der Waals surface area (Å²) in [7, 11) is 1.40. The van der Waals surface area contributed by atoms with Gasteiger partial charge in [-0.15, -0.1) is 0 Å². The molecule has 0 aromatic carbocycles. The van der Waals surface area contributed by atoms with Crippen LogP contribution in [0.5, 0.6) is 11.5 Å². The molecule has 7 nitrogen and oxygen atoms in total. The molecule has 0 unspecified atom stereocenters. The molecule has 0 spiro atoms. The molecule has 3 aromatic rings. The van der Waals surface area contributed by atoms with Crippen LogP contribution < -0.4 is 15.0 Å². The van der Waals surface area contributed by atoms with Crippen LogP contribution in [-0.2, 0) is 6.61 Å². The van der Waals surface area contributed by atoms with E-state index in [2.05, 4.69) is 9.97 Å². The van der Waals surface area contributed by atoms with E-state index in [0.717, 1.165) is 6.20 Å². The van der Waals surface area contributed by atoms with E-state index in [4.69, 9.17) is 21.1 Å². The number of methoxy groups -OCH3 is 1. The van der Waals surface area contributed by atoms with Gasteiger partial charge >= 0.3 is 0 Å². The average molecular weight is 436 g/mol. The van der Waals surface area contributed by atoms with Gasteiger partial charge in [-0.3, -0.25) is 19.1 Å². The fraction of sp³-hybridized carbons (Fsp3) is 0.200. The Morgan fingerprint density at radius 2 is 1.90 bits per heavy atom. The first-order chi connectivity index (χ1) is 14.2. The quantitative estimate of drug-likeness (QED) is 0.549. The monoisotopic (exact) mass is 435 g/mol. The van der Waals surface area contributed by atoms with Crippen LogP contribution in [0.4, 0.5) is 8.78 Å². The third-order valence-corrected chi connectivity index (χ3v) is 4.56. The van der Waals surface area contributed by atoms with Crippen LogP contribution in [0.25, 0.3) is 5.69 Å². The van der Waals surface area contributed by atoms with Crippen molar-refractivity contribution >= 4 is 17.4 Å². The van der Waals surface area contributed by atoms with Crippen molar-refractivity contribution in [1.29, 1.82) is 0 Å². The van der Waals surface area contributed by atoms with E-state index >= 15 is 0 Å². The van der Waals surface area contributed by atoms with Crippen LogP contribution in [0, 0.1) is 18.6 Å². The Labute approximate surface area is 174 Å². The number of ether oxygens (including phenoxy) is 2. The number of carbonyl (C=O) groups is 1. The third-order valence-electron chi connectivity index (χ3n) is 4.22. The summed E-state index contributed by atoms with van der Waals surface area (Å²) in [4.78, 5) is 32.2. The van der Waals surface area contributed by atoms with Crippen molar-refractivity contribution in [3.05, 3.63) is 74.7 Å². The van der Waals surface area contributed by atoms with Gasteiger partial charge in [0, 0.05) is 24.8 Å². The number of halogens is 3. The number of aromatic nitrogens is 3. The molecule has 0 saturated heterocycles. The van der Waals surface area contributed by atoms with Crippen LogP contribution in [0.1, 0.15) is 28.8 Å². The number of Topliss-reactive ketones (excluding diaryl/α,β-unsaturated/α-hetero) is 1. The van der Waals surface area contributed by atoms with E-state index in [-0.39, 0.29) is 46.0 Å². The second-order valence-corrected chi connectivity index (χ2v) is 6.65. The van der Waals surface area contributed by atoms with Gasteiger partial charge in [0.15, 0.2) is 17.3 Å². The maximum absolute atomic E-state index is 13.8. The number of nitrogens with zero attached hydrogens (tertiary/aromatic N) is 3. The lowest BCUT2D eigenvalue weighted by molar-refractivity contribution is 0.101. The first-order valence-electron chi connectivity index (χ1n) is 8.63. The number of rotatable bonds is 6. The Bertz CT molecular complexity index is 1200. The number of carbonyl (C=O) groups excluding carboxylic acids is 1. The van der Waals surface area contributed by atoms with Gasteiger partial charge in [-0.1, -0.05) is 11.6 Å². The van der Waals surface area contributed by atoms with E-state index in [0.29, 0.717) is 11.8 Å². The molecule has 156 valence electrons. The highest BCUT2D eigenvalue weighted by Crippen LogP contribution is 2.28. The average Bonchev–Trinajstić information content (AvgIpc) is 2.70. The van der Waals surface area contributed by atoms with Gasteiger partial charge in [0.05, 0.1) is 25.2 Å². The molecule has 0 amide bonds. The molecule has 0 N–H and O–H groups in total. The van der Waals surface area contributed by atoms with Crippen LogP contribution in [0.3, 0.4) is 0 Å². The number of ketones is 1. The lowest BCUT2D eigenvalue weighted by atomic mass is 10.2. The highest BCUT2D eigenvalue weighted by atomic mass is 35.5. The van der Waals surface area contributed by atoms with Gasteiger partial charge in [0.25, 0.3) is 5.56 Å². The largest absolute Gasteiger partial charge is 0.493 e. The third kappa shape index (κ3) is 4.16. The predicted molar refractivity (Wildman–Crippen MR) is 105 cm³/mol. The first-order valence-corrected chi connectivity index (χ1v) is 9.01. The smallest absolute Gasteiger partial charge is 0.278 e. The maximum atomic E-state index is 13.8. The molecular weight excluding hydrogens is 420 g/mol. The predicted octanol–water partition coefficient (Wildman–Crippen LogP) is 3.66. The van der Waals surface area contributed by atoms with Crippen LogP contribution in [0.15, 0.2) is 35.4 Å². The summed E-state index contributed by atoms with van der Waals surface area (Å²) in [5.74, 6) is -1.73. The van der Waals surface area contributed by atoms with Crippen LogP contribution in [0.2, 0.25) is 5.02 Å². The van der Waals surface area contributed by atoms with Crippen LogP contribution in [-0.4, -0.2) is 27.4 Å². The van der Waals surface area contributed by atoms with Crippen molar-refractivity contribution in [3.8, 4) is 17.2 Å². The number of hydrogen-bond acceptors (Lipinski definition) is 6. The van der Waals surface area contributed by atoms with Crippen molar-refractivity contribution in [1.82, 2.24) is 14.5 Å². The van der Waals surface area contributed by atoms with E-state index in [1.165, 1.54) is 36.9 Å². The van der Waals surface area contributed by atoms with E-state index in [9.17, 15) is 18.4 Å². The van der Waals surface area contributed by atoms with Crippen LogP contribution >= 0.6 is 11.6 Å². The minimum absolute atomic E-state index is 0.000700. The summed E-state index contributed by atoms with van der Waals surface area (Å²) >= 11 is 6.19. The normalized spacial score (nSPS) is 10.7. The highest BCUT2D eigenvalue weighted by Gasteiger charge is 2.19. The summed E-state index contributed by atoms with van der Waals surface area (Å²) in [6, 6.07) is 3.57.